The summed E-state index contributed by atoms with van der Waals surface area (Å²) in [5.41, 5.74) is 0. The van der Waals surface area contributed by atoms with Crippen LogP contribution in [0.15, 0.2) is 24.3 Å². The Bertz CT molecular complexity index is 614. The summed E-state index contributed by atoms with van der Waals surface area (Å²) in [6, 6.07) is 5.61. The average Bonchev–Trinajstić information content (AvgIpc) is 2.56. The summed E-state index contributed by atoms with van der Waals surface area (Å²) in [6.45, 7) is -0.979. The van der Waals surface area contributed by atoms with E-state index in [0.29, 0.717) is 0 Å². The third kappa shape index (κ3) is 6.84. The number of carbonyl (C=O) groups excluding carboxylic acids is 4. The molecule has 0 N–H and O–H groups in total. The van der Waals surface area contributed by atoms with E-state index in [1.165, 1.54) is 24.3 Å². The molecule has 1 rings (SSSR count). The topological polar surface area (TPSA) is 105 Å². The number of halogens is 2. The predicted octanol–water partition coefficient (Wildman–Crippen LogP) is 1.06. The van der Waals surface area contributed by atoms with Gasteiger partial charge in [-0.25, -0.2) is 9.59 Å². The van der Waals surface area contributed by atoms with E-state index in [9.17, 15) is 19.2 Å². The second kappa shape index (κ2) is 9.74. The Morgan fingerprint density at radius 2 is 1.58 bits per heavy atom. The fourth-order valence-electron chi connectivity index (χ4n) is 1.37. The number of benzene rings is 1. The molecule has 0 aliphatic carbocycles. The van der Waals surface area contributed by atoms with E-state index < -0.39 is 41.7 Å². The fourth-order valence-corrected chi connectivity index (χ4v) is 1.55. The lowest BCUT2D eigenvalue weighted by atomic mass is 10.3. The predicted molar refractivity (Wildman–Crippen MR) is 81.0 cm³/mol. The van der Waals surface area contributed by atoms with Gasteiger partial charge in [0.1, 0.15) is 11.5 Å². The molecule has 0 heterocycles. The molecular formula is C14H12Cl2O8. The molecule has 0 bridgehead atoms. The number of rotatable bonds is 9. The number of carbonyl (C=O) groups is 4. The van der Waals surface area contributed by atoms with Crippen molar-refractivity contribution in [1.29, 1.82) is 0 Å². The lowest BCUT2D eigenvalue weighted by Gasteiger charge is -2.13. The Morgan fingerprint density at radius 3 is 2.08 bits per heavy atom. The monoisotopic (exact) mass is 378 g/mol. The summed E-state index contributed by atoms with van der Waals surface area (Å²) in [6.07, 6.45) is -1.59. The van der Waals surface area contributed by atoms with Crippen molar-refractivity contribution in [2.24, 2.45) is 0 Å². The van der Waals surface area contributed by atoms with Crippen LogP contribution in [0.5, 0.6) is 11.5 Å². The SMILES string of the molecule is COC(=O)[C@@H](Oc1ccc(OCC(=O)OCC(=O)Cl)cc1)C(=O)Cl. The molecular weight excluding hydrogens is 367 g/mol. The minimum absolute atomic E-state index is 0.155. The molecule has 0 saturated carbocycles. The van der Waals surface area contributed by atoms with Gasteiger partial charge in [0.2, 0.25) is 0 Å². The van der Waals surface area contributed by atoms with Gasteiger partial charge in [0.15, 0.2) is 13.2 Å². The van der Waals surface area contributed by atoms with Crippen LogP contribution in [0, 0.1) is 0 Å². The van der Waals surface area contributed by atoms with Crippen molar-refractivity contribution in [3.63, 3.8) is 0 Å². The fraction of sp³-hybridized carbons (Fsp3) is 0.286. The van der Waals surface area contributed by atoms with Crippen molar-refractivity contribution in [1.82, 2.24) is 0 Å². The van der Waals surface area contributed by atoms with Gasteiger partial charge in [-0.05, 0) is 47.5 Å². The molecule has 0 aliphatic heterocycles. The van der Waals surface area contributed by atoms with Crippen molar-refractivity contribution in [3.8, 4) is 11.5 Å². The zero-order chi connectivity index (χ0) is 18.1. The van der Waals surface area contributed by atoms with E-state index in [1.54, 1.807) is 0 Å². The Morgan fingerprint density at radius 1 is 1.00 bits per heavy atom. The molecule has 0 radical (unpaired) electrons. The average molecular weight is 379 g/mol. The smallest absolute Gasteiger partial charge is 0.356 e. The van der Waals surface area contributed by atoms with E-state index in [1.807, 2.05) is 0 Å². The van der Waals surface area contributed by atoms with Crippen LogP contribution in [0.1, 0.15) is 0 Å². The van der Waals surface area contributed by atoms with Gasteiger partial charge in [0, 0.05) is 0 Å². The van der Waals surface area contributed by atoms with Crippen molar-refractivity contribution >= 4 is 45.6 Å². The normalized spacial score (nSPS) is 11.1. The van der Waals surface area contributed by atoms with Gasteiger partial charge >= 0.3 is 11.9 Å². The highest BCUT2D eigenvalue weighted by Gasteiger charge is 2.28. The van der Waals surface area contributed by atoms with E-state index in [4.69, 9.17) is 32.7 Å². The van der Waals surface area contributed by atoms with Gasteiger partial charge < -0.3 is 18.9 Å². The number of ether oxygens (including phenoxy) is 4. The van der Waals surface area contributed by atoms with Crippen LogP contribution in [0.25, 0.3) is 0 Å². The zero-order valence-electron chi connectivity index (χ0n) is 12.3. The standard InChI is InChI=1S/C14H12Cl2O8/c1-21-14(20)12(13(16)19)24-9-4-2-8(3-5-9)22-7-11(18)23-6-10(15)17/h2-5,12H,6-7H2,1H3/t12-/m0/s1. The van der Waals surface area contributed by atoms with Gasteiger partial charge in [0.25, 0.3) is 16.6 Å². The van der Waals surface area contributed by atoms with Gasteiger partial charge in [-0.2, -0.15) is 0 Å². The molecule has 1 aromatic carbocycles. The molecule has 130 valence electrons. The molecule has 10 heteroatoms. The van der Waals surface area contributed by atoms with Crippen LogP contribution in [-0.4, -0.2) is 48.9 Å². The molecule has 1 atom stereocenters. The summed E-state index contributed by atoms with van der Waals surface area (Å²) in [5, 5.41) is -1.84. The second-order valence-corrected chi connectivity index (χ2v) is 4.90. The summed E-state index contributed by atoms with van der Waals surface area (Å²) in [5.74, 6) is -1.28. The number of hydrogen-bond donors (Lipinski definition) is 0. The van der Waals surface area contributed by atoms with Crippen molar-refractivity contribution < 1.29 is 38.1 Å². The van der Waals surface area contributed by atoms with E-state index in [0.717, 1.165) is 7.11 Å². The lowest BCUT2D eigenvalue weighted by molar-refractivity contribution is -0.151. The number of esters is 2. The van der Waals surface area contributed by atoms with E-state index in [2.05, 4.69) is 9.47 Å². The van der Waals surface area contributed by atoms with Crippen molar-refractivity contribution in [2.75, 3.05) is 20.3 Å². The first-order valence-corrected chi connectivity index (χ1v) is 7.09. The summed E-state index contributed by atoms with van der Waals surface area (Å²) in [4.78, 5) is 44.1. The molecule has 0 aromatic heterocycles. The molecule has 24 heavy (non-hydrogen) atoms. The largest absolute Gasteiger partial charge is 0.482 e. The molecule has 0 amide bonds. The molecule has 0 fully saturated rings. The lowest BCUT2D eigenvalue weighted by Crippen LogP contribution is -2.34. The Labute approximate surface area is 146 Å². The summed E-state index contributed by atoms with van der Waals surface area (Å²) >= 11 is 10.3. The molecule has 8 nitrogen and oxygen atoms in total. The third-order valence-electron chi connectivity index (χ3n) is 2.40. The van der Waals surface area contributed by atoms with Crippen LogP contribution in [0.3, 0.4) is 0 Å². The van der Waals surface area contributed by atoms with Crippen molar-refractivity contribution in [2.45, 2.75) is 6.10 Å². The molecule has 0 unspecified atom stereocenters. The zero-order valence-corrected chi connectivity index (χ0v) is 13.8. The molecule has 0 saturated heterocycles. The first-order valence-electron chi connectivity index (χ1n) is 6.34. The molecule has 0 spiro atoms. The Hall–Kier alpha value is -2.32. The Balaban J connectivity index is 2.56. The maximum absolute atomic E-state index is 11.3. The maximum atomic E-state index is 11.3. The highest BCUT2D eigenvalue weighted by molar-refractivity contribution is 6.66. The van der Waals surface area contributed by atoms with Crippen LogP contribution in [0.2, 0.25) is 0 Å². The third-order valence-corrected chi connectivity index (χ3v) is 2.71. The van der Waals surface area contributed by atoms with Gasteiger partial charge in [-0.3, -0.25) is 9.59 Å². The van der Waals surface area contributed by atoms with Gasteiger partial charge in [-0.15, -0.1) is 0 Å². The maximum Gasteiger partial charge on any atom is 0.356 e. The summed E-state index contributed by atoms with van der Waals surface area (Å²) < 4.78 is 19.1. The van der Waals surface area contributed by atoms with Gasteiger partial charge in [0.05, 0.1) is 7.11 Å². The van der Waals surface area contributed by atoms with Crippen LogP contribution < -0.4 is 9.47 Å². The first kappa shape index (κ1) is 19.7. The molecule has 1 aromatic rings. The Kier molecular flexibility index (Phi) is 8.00. The van der Waals surface area contributed by atoms with Gasteiger partial charge in [-0.1, -0.05) is 0 Å². The minimum atomic E-state index is -1.59. The second-order valence-electron chi connectivity index (χ2n) is 4.10. The highest BCUT2D eigenvalue weighted by Crippen LogP contribution is 2.19. The number of hydrogen-bond acceptors (Lipinski definition) is 8. The summed E-state index contributed by atoms with van der Waals surface area (Å²) in [7, 11) is 1.09. The highest BCUT2D eigenvalue weighted by atomic mass is 35.5. The quantitative estimate of drug-likeness (QED) is 0.356. The number of methoxy groups -OCH3 is 1. The van der Waals surface area contributed by atoms with E-state index in [-0.39, 0.29) is 11.5 Å². The molecule has 0 aliphatic rings. The van der Waals surface area contributed by atoms with Crippen LogP contribution in [-0.2, 0) is 28.7 Å². The van der Waals surface area contributed by atoms with Crippen LogP contribution >= 0.6 is 23.2 Å². The van der Waals surface area contributed by atoms with Crippen molar-refractivity contribution in [3.05, 3.63) is 24.3 Å². The minimum Gasteiger partial charge on any atom is -0.482 e. The van der Waals surface area contributed by atoms with Crippen LogP contribution in [0.4, 0.5) is 0 Å². The van der Waals surface area contributed by atoms with E-state index >= 15 is 0 Å². The first-order chi connectivity index (χ1) is 11.3.